The smallest absolute Gasteiger partial charge is 0.288 e. The molecule has 112 valence electrons. The minimum Gasteiger partial charge on any atom is -0.463 e. The molecule has 3 aliphatic rings. The zero-order valence-electron chi connectivity index (χ0n) is 12.2. The zero-order chi connectivity index (χ0) is 14.4. The molecule has 1 aromatic carbocycles. The van der Waals surface area contributed by atoms with Crippen molar-refractivity contribution in [2.45, 2.75) is 31.1 Å². The Balaban J connectivity index is 1.56. The average Bonchev–Trinajstić information content (AvgIpc) is 2.95. The van der Waals surface area contributed by atoms with E-state index in [4.69, 9.17) is 4.74 Å². The molecule has 3 heterocycles. The summed E-state index contributed by atoms with van der Waals surface area (Å²) in [5.74, 6) is 0. The van der Waals surface area contributed by atoms with Crippen LogP contribution in [0.4, 0.5) is 4.39 Å². The van der Waals surface area contributed by atoms with Crippen LogP contribution in [0.3, 0.4) is 0 Å². The topological polar surface area (TPSA) is 36.9 Å². The normalized spacial score (nSPS) is 30.2. The molecule has 0 bridgehead atoms. The molecular weight excluding hydrogens is 269 g/mol. The van der Waals surface area contributed by atoms with Gasteiger partial charge in [-0.05, 0) is 24.5 Å². The lowest BCUT2D eigenvalue weighted by Gasteiger charge is -2.37. The number of nitrogens with zero attached hydrogens (tertiary/aromatic N) is 2. The highest BCUT2D eigenvalue weighted by atomic mass is 19.1. The molecule has 4 rings (SSSR count). The van der Waals surface area contributed by atoms with E-state index in [1.165, 1.54) is 11.1 Å². The number of rotatable bonds is 1. The van der Waals surface area contributed by atoms with E-state index in [1.807, 2.05) is 0 Å². The van der Waals surface area contributed by atoms with E-state index in [9.17, 15) is 4.39 Å². The van der Waals surface area contributed by atoms with Crippen LogP contribution in [-0.4, -0.2) is 48.9 Å². The summed E-state index contributed by atoms with van der Waals surface area (Å²) >= 11 is 0. The first-order valence-corrected chi connectivity index (χ1v) is 7.62. The number of hydrogen-bond acceptors (Lipinski definition) is 4. The van der Waals surface area contributed by atoms with Crippen molar-refractivity contribution in [1.29, 1.82) is 0 Å². The van der Waals surface area contributed by atoms with Crippen LogP contribution in [0.25, 0.3) is 0 Å². The Morgan fingerprint density at radius 2 is 2.19 bits per heavy atom. The number of fused-ring (bicyclic) bond motifs is 1. The minimum absolute atomic E-state index is 0.225. The highest BCUT2D eigenvalue weighted by molar-refractivity contribution is 5.76. The van der Waals surface area contributed by atoms with Gasteiger partial charge in [0, 0.05) is 19.6 Å². The first-order chi connectivity index (χ1) is 10.2. The summed E-state index contributed by atoms with van der Waals surface area (Å²) in [6.07, 6.45) is 0.982. The third kappa shape index (κ3) is 2.02. The van der Waals surface area contributed by atoms with Crippen molar-refractivity contribution in [3.63, 3.8) is 0 Å². The van der Waals surface area contributed by atoms with Crippen LogP contribution in [0.1, 0.15) is 24.1 Å². The van der Waals surface area contributed by atoms with Gasteiger partial charge >= 0.3 is 0 Å². The first kappa shape index (κ1) is 13.1. The number of benzene rings is 1. The maximum Gasteiger partial charge on any atom is 0.288 e. The molecule has 1 N–H and O–H groups in total. The SMILES string of the molecule is C[C@H]1c2ccccc2CCN1C1=N[C@@H](C2(F)CNC2)CO1. The molecule has 21 heavy (non-hydrogen) atoms. The molecule has 0 unspecified atom stereocenters. The molecule has 3 aliphatic heterocycles. The van der Waals surface area contributed by atoms with Crippen LogP contribution in [-0.2, 0) is 11.2 Å². The fourth-order valence-electron chi connectivity index (χ4n) is 3.42. The van der Waals surface area contributed by atoms with Gasteiger partial charge in [-0.1, -0.05) is 24.3 Å². The minimum atomic E-state index is -1.22. The van der Waals surface area contributed by atoms with E-state index in [0.29, 0.717) is 25.7 Å². The molecule has 0 spiro atoms. The first-order valence-electron chi connectivity index (χ1n) is 7.62. The second-order valence-electron chi connectivity index (χ2n) is 6.19. The molecule has 5 heteroatoms. The lowest BCUT2D eigenvalue weighted by atomic mass is 9.91. The lowest BCUT2D eigenvalue weighted by Crippen LogP contribution is -2.62. The average molecular weight is 289 g/mol. The number of alkyl halides is 1. The van der Waals surface area contributed by atoms with Crippen molar-refractivity contribution in [3.05, 3.63) is 35.4 Å². The third-order valence-corrected chi connectivity index (χ3v) is 4.91. The van der Waals surface area contributed by atoms with E-state index < -0.39 is 5.67 Å². The number of amidine groups is 1. The van der Waals surface area contributed by atoms with Crippen molar-refractivity contribution < 1.29 is 9.13 Å². The van der Waals surface area contributed by atoms with Gasteiger partial charge in [0.15, 0.2) is 5.67 Å². The maximum absolute atomic E-state index is 14.4. The lowest BCUT2D eigenvalue weighted by molar-refractivity contribution is 0.0497. The summed E-state index contributed by atoms with van der Waals surface area (Å²) < 4.78 is 20.1. The second-order valence-corrected chi connectivity index (χ2v) is 6.19. The monoisotopic (exact) mass is 289 g/mol. The van der Waals surface area contributed by atoms with Gasteiger partial charge in [-0.25, -0.2) is 9.38 Å². The van der Waals surface area contributed by atoms with E-state index in [2.05, 4.69) is 46.4 Å². The quantitative estimate of drug-likeness (QED) is 0.854. The zero-order valence-corrected chi connectivity index (χ0v) is 12.2. The number of halogens is 1. The predicted octanol–water partition coefficient (Wildman–Crippen LogP) is 1.67. The Labute approximate surface area is 124 Å². The maximum atomic E-state index is 14.4. The van der Waals surface area contributed by atoms with Crippen molar-refractivity contribution in [2.75, 3.05) is 26.2 Å². The van der Waals surface area contributed by atoms with Gasteiger partial charge in [0.25, 0.3) is 6.02 Å². The second kappa shape index (κ2) is 4.70. The van der Waals surface area contributed by atoms with E-state index in [0.717, 1.165) is 13.0 Å². The molecule has 0 radical (unpaired) electrons. The summed E-state index contributed by atoms with van der Waals surface area (Å²) in [5.41, 5.74) is 1.49. The molecule has 0 aromatic heterocycles. The molecule has 1 aromatic rings. The van der Waals surface area contributed by atoms with Crippen LogP contribution in [0.5, 0.6) is 0 Å². The van der Waals surface area contributed by atoms with Crippen molar-refractivity contribution >= 4 is 6.02 Å². The molecule has 0 aliphatic carbocycles. The molecule has 4 nitrogen and oxygen atoms in total. The van der Waals surface area contributed by atoms with Crippen molar-refractivity contribution in [3.8, 4) is 0 Å². The van der Waals surface area contributed by atoms with Gasteiger partial charge in [0.2, 0.25) is 0 Å². The van der Waals surface area contributed by atoms with Crippen molar-refractivity contribution in [2.24, 2.45) is 4.99 Å². The largest absolute Gasteiger partial charge is 0.463 e. The summed E-state index contributed by atoms with van der Waals surface area (Å²) in [5, 5.41) is 2.98. The summed E-state index contributed by atoms with van der Waals surface area (Å²) in [4.78, 5) is 6.70. The van der Waals surface area contributed by atoms with Gasteiger partial charge in [0.1, 0.15) is 12.6 Å². The standard InChI is InChI=1S/C16H20FN3O/c1-11-13-5-3-2-4-12(13)6-7-20(11)15-19-14(8-21-15)16(17)9-18-10-16/h2-5,11,14,18H,6-10H2,1H3/t11-,14+/m0/s1. The Bertz CT molecular complexity index is 585. The van der Waals surface area contributed by atoms with Crippen LogP contribution in [0.15, 0.2) is 29.3 Å². The number of hydrogen-bond donors (Lipinski definition) is 1. The van der Waals surface area contributed by atoms with Crippen LogP contribution >= 0.6 is 0 Å². The highest BCUT2D eigenvalue weighted by Crippen LogP contribution is 2.33. The van der Waals surface area contributed by atoms with Gasteiger partial charge in [-0.15, -0.1) is 0 Å². The molecule has 1 saturated heterocycles. The van der Waals surface area contributed by atoms with Gasteiger partial charge in [0.05, 0.1) is 6.04 Å². The molecule has 0 saturated carbocycles. The number of ether oxygens (including phenoxy) is 1. The predicted molar refractivity (Wildman–Crippen MR) is 79.2 cm³/mol. The molecular formula is C16H20FN3O. The van der Waals surface area contributed by atoms with Gasteiger partial charge in [-0.2, -0.15) is 0 Å². The van der Waals surface area contributed by atoms with Crippen molar-refractivity contribution in [1.82, 2.24) is 10.2 Å². The summed E-state index contributed by atoms with van der Waals surface area (Å²) in [6.45, 7) is 4.17. The van der Waals surface area contributed by atoms with Crippen LogP contribution in [0, 0.1) is 0 Å². The fourth-order valence-corrected chi connectivity index (χ4v) is 3.42. The van der Waals surface area contributed by atoms with Gasteiger partial charge < -0.3 is 15.0 Å². The molecule has 0 amide bonds. The Hall–Kier alpha value is -1.62. The number of aliphatic imine (C=N–C) groups is 1. The molecule has 1 fully saturated rings. The van der Waals surface area contributed by atoms with E-state index in [-0.39, 0.29) is 12.1 Å². The van der Waals surface area contributed by atoms with E-state index >= 15 is 0 Å². The fraction of sp³-hybridized carbons (Fsp3) is 0.562. The Morgan fingerprint density at radius 1 is 1.38 bits per heavy atom. The summed E-state index contributed by atoms with van der Waals surface area (Å²) in [7, 11) is 0. The Kier molecular flexibility index (Phi) is 2.92. The van der Waals surface area contributed by atoms with E-state index in [1.54, 1.807) is 0 Å². The van der Waals surface area contributed by atoms with Gasteiger partial charge in [-0.3, -0.25) is 0 Å². The van der Waals surface area contributed by atoms with Crippen LogP contribution < -0.4 is 5.32 Å². The summed E-state index contributed by atoms with van der Waals surface area (Å²) in [6, 6.07) is 8.96. The highest BCUT2D eigenvalue weighted by Gasteiger charge is 2.48. The third-order valence-electron chi connectivity index (χ3n) is 4.91. The number of nitrogens with one attached hydrogen (secondary N) is 1. The van der Waals surface area contributed by atoms with Crippen LogP contribution in [0.2, 0.25) is 0 Å². The molecule has 2 atom stereocenters. The Morgan fingerprint density at radius 3 is 2.95 bits per heavy atom.